The van der Waals surface area contributed by atoms with Crippen molar-refractivity contribution in [1.82, 2.24) is 24.7 Å². The molecule has 4 heterocycles. The summed E-state index contributed by atoms with van der Waals surface area (Å²) in [7, 11) is 0. The van der Waals surface area contributed by atoms with E-state index in [-0.39, 0.29) is 6.29 Å². The summed E-state index contributed by atoms with van der Waals surface area (Å²) >= 11 is 0. The lowest BCUT2D eigenvalue weighted by Crippen LogP contribution is -2.18. The third-order valence-corrected chi connectivity index (χ3v) is 3.53. The molecule has 3 aromatic rings. The lowest BCUT2D eigenvalue weighted by atomic mass is 10.2. The molecule has 0 aliphatic carbocycles. The van der Waals surface area contributed by atoms with Crippen molar-refractivity contribution < 1.29 is 9.47 Å². The maximum Gasteiger partial charge on any atom is 0.201 e. The van der Waals surface area contributed by atoms with Crippen LogP contribution < -0.4 is 0 Å². The van der Waals surface area contributed by atoms with Gasteiger partial charge >= 0.3 is 0 Å². The summed E-state index contributed by atoms with van der Waals surface area (Å²) in [6, 6.07) is 5.80. The molecule has 0 radical (unpaired) electrons. The van der Waals surface area contributed by atoms with Crippen LogP contribution in [0.1, 0.15) is 18.4 Å². The fourth-order valence-electron chi connectivity index (χ4n) is 2.41. The summed E-state index contributed by atoms with van der Waals surface area (Å²) in [5, 5.41) is 4.34. The maximum atomic E-state index is 5.61. The molecule has 7 heteroatoms. The van der Waals surface area contributed by atoms with E-state index in [0.29, 0.717) is 13.2 Å². The molecule has 7 nitrogen and oxygen atoms in total. The molecule has 1 aliphatic heterocycles. The summed E-state index contributed by atoms with van der Waals surface area (Å²) in [5.41, 5.74) is 3.31. The zero-order chi connectivity index (χ0) is 15.5. The van der Waals surface area contributed by atoms with Crippen LogP contribution in [0.4, 0.5) is 0 Å². The van der Waals surface area contributed by atoms with Crippen molar-refractivity contribution in [3.63, 3.8) is 0 Å². The van der Waals surface area contributed by atoms with Gasteiger partial charge in [-0.2, -0.15) is 5.10 Å². The summed E-state index contributed by atoms with van der Waals surface area (Å²) in [6.45, 7) is 1.39. The standard InChI is InChI=1S/C16H15N5O2/c1-3-14(20-15(4-1)16-22-5-2-6-23-16)12-7-19-21(10-12)13-8-17-11-18-9-13/h1,3-4,7-11,16H,2,5-6H2. The molecular formula is C16H15N5O2. The molecule has 0 unspecified atom stereocenters. The maximum absolute atomic E-state index is 5.61. The topological polar surface area (TPSA) is 75.0 Å². The molecule has 0 atom stereocenters. The van der Waals surface area contributed by atoms with Gasteiger partial charge in [-0.25, -0.2) is 19.6 Å². The zero-order valence-corrected chi connectivity index (χ0v) is 12.4. The van der Waals surface area contributed by atoms with Gasteiger partial charge < -0.3 is 9.47 Å². The summed E-state index contributed by atoms with van der Waals surface area (Å²) in [5.74, 6) is 0. The van der Waals surface area contributed by atoms with Crippen LogP contribution in [0.3, 0.4) is 0 Å². The highest BCUT2D eigenvalue weighted by molar-refractivity contribution is 5.57. The van der Waals surface area contributed by atoms with E-state index >= 15 is 0 Å². The van der Waals surface area contributed by atoms with Crippen LogP contribution in [0.5, 0.6) is 0 Å². The van der Waals surface area contributed by atoms with Crippen molar-refractivity contribution in [3.8, 4) is 16.9 Å². The number of hydrogen-bond acceptors (Lipinski definition) is 6. The van der Waals surface area contributed by atoms with Crippen molar-refractivity contribution >= 4 is 0 Å². The normalized spacial score (nSPS) is 15.7. The first kappa shape index (κ1) is 14.0. The van der Waals surface area contributed by atoms with Crippen LogP contribution in [0.25, 0.3) is 16.9 Å². The van der Waals surface area contributed by atoms with Crippen molar-refractivity contribution in [3.05, 3.63) is 55.0 Å². The lowest BCUT2D eigenvalue weighted by Gasteiger charge is -2.22. The minimum absolute atomic E-state index is 0.388. The third-order valence-electron chi connectivity index (χ3n) is 3.53. The molecule has 3 aromatic heterocycles. The van der Waals surface area contributed by atoms with Gasteiger partial charge in [0, 0.05) is 11.8 Å². The Balaban J connectivity index is 1.62. The molecular weight excluding hydrogens is 294 g/mol. The fraction of sp³-hybridized carbons (Fsp3) is 0.250. The van der Waals surface area contributed by atoms with Gasteiger partial charge in [0.15, 0.2) is 0 Å². The average molecular weight is 309 g/mol. The van der Waals surface area contributed by atoms with Crippen LogP contribution in [0, 0.1) is 0 Å². The zero-order valence-electron chi connectivity index (χ0n) is 12.4. The van der Waals surface area contributed by atoms with Gasteiger partial charge in [0.1, 0.15) is 12.0 Å². The van der Waals surface area contributed by atoms with E-state index < -0.39 is 0 Å². The van der Waals surface area contributed by atoms with Crippen molar-refractivity contribution in [2.75, 3.05) is 13.2 Å². The Morgan fingerprint density at radius 1 is 1.04 bits per heavy atom. The van der Waals surface area contributed by atoms with Gasteiger partial charge in [0.05, 0.1) is 43.2 Å². The van der Waals surface area contributed by atoms with E-state index in [1.807, 2.05) is 24.4 Å². The number of nitrogens with zero attached hydrogens (tertiary/aromatic N) is 5. The second-order valence-electron chi connectivity index (χ2n) is 5.15. The van der Waals surface area contributed by atoms with E-state index in [0.717, 1.165) is 29.1 Å². The largest absolute Gasteiger partial charge is 0.347 e. The predicted molar refractivity (Wildman–Crippen MR) is 81.6 cm³/mol. The number of pyridine rings is 1. The molecule has 1 fully saturated rings. The van der Waals surface area contributed by atoms with Crippen LogP contribution in [-0.4, -0.2) is 37.9 Å². The summed E-state index contributed by atoms with van der Waals surface area (Å²) in [6.07, 6.45) is 9.09. The molecule has 0 saturated carbocycles. The first-order valence-corrected chi connectivity index (χ1v) is 7.41. The Morgan fingerprint density at radius 3 is 2.70 bits per heavy atom. The molecule has 1 saturated heterocycles. The number of aromatic nitrogens is 5. The van der Waals surface area contributed by atoms with Crippen LogP contribution in [0.2, 0.25) is 0 Å². The molecule has 0 spiro atoms. The molecule has 1 aliphatic rings. The minimum Gasteiger partial charge on any atom is -0.347 e. The second kappa shape index (κ2) is 6.23. The van der Waals surface area contributed by atoms with E-state index in [9.17, 15) is 0 Å². The molecule has 0 aromatic carbocycles. The molecule has 0 amide bonds. The van der Waals surface area contributed by atoms with Gasteiger partial charge in [-0.05, 0) is 18.6 Å². The Labute approximate surface area is 132 Å². The average Bonchev–Trinajstić information content (AvgIpc) is 3.14. The third kappa shape index (κ3) is 2.96. The Bertz CT molecular complexity index is 784. The smallest absolute Gasteiger partial charge is 0.201 e. The van der Waals surface area contributed by atoms with Crippen LogP contribution in [0.15, 0.2) is 49.3 Å². The second-order valence-corrected chi connectivity index (χ2v) is 5.15. The minimum atomic E-state index is -0.388. The first-order valence-electron chi connectivity index (χ1n) is 7.41. The van der Waals surface area contributed by atoms with Gasteiger partial charge in [0.25, 0.3) is 0 Å². The van der Waals surface area contributed by atoms with Gasteiger partial charge in [0.2, 0.25) is 6.29 Å². The SMILES string of the molecule is c1cc(-c2cnn(-c3cncnc3)c2)nc(C2OCCCO2)c1. The van der Waals surface area contributed by atoms with E-state index in [4.69, 9.17) is 9.47 Å². The Hall–Kier alpha value is -2.64. The molecule has 0 bridgehead atoms. The summed E-state index contributed by atoms with van der Waals surface area (Å²) in [4.78, 5) is 12.6. The van der Waals surface area contributed by atoms with E-state index in [1.165, 1.54) is 6.33 Å². The van der Waals surface area contributed by atoms with Crippen molar-refractivity contribution in [1.29, 1.82) is 0 Å². The monoisotopic (exact) mass is 309 g/mol. The number of rotatable bonds is 3. The molecule has 4 rings (SSSR count). The van der Waals surface area contributed by atoms with Crippen LogP contribution >= 0.6 is 0 Å². The highest BCUT2D eigenvalue weighted by atomic mass is 16.7. The number of hydrogen-bond donors (Lipinski definition) is 0. The highest BCUT2D eigenvalue weighted by Crippen LogP contribution is 2.24. The highest BCUT2D eigenvalue weighted by Gasteiger charge is 2.18. The Kier molecular flexibility index (Phi) is 3.79. The van der Waals surface area contributed by atoms with Crippen molar-refractivity contribution in [2.24, 2.45) is 0 Å². The lowest BCUT2D eigenvalue weighted by molar-refractivity contribution is -0.185. The molecule has 23 heavy (non-hydrogen) atoms. The van der Waals surface area contributed by atoms with Gasteiger partial charge in [-0.15, -0.1) is 0 Å². The van der Waals surface area contributed by atoms with E-state index in [1.54, 1.807) is 23.3 Å². The molecule has 116 valence electrons. The van der Waals surface area contributed by atoms with Crippen molar-refractivity contribution in [2.45, 2.75) is 12.7 Å². The first-order chi connectivity index (χ1) is 11.4. The fourth-order valence-corrected chi connectivity index (χ4v) is 2.41. The van der Waals surface area contributed by atoms with Crippen LogP contribution in [-0.2, 0) is 9.47 Å². The quantitative estimate of drug-likeness (QED) is 0.738. The number of ether oxygens (including phenoxy) is 2. The van der Waals surface area contributed by atoms with E-state index in [2.05, 4.69) is 20.1 Å². The molecule has 0 N–H and O–H groups in total. The summed E-state index contributed by atoms with van der Waals surface area (Å²) < 4.78 is 12.9. The van der Waals surface area contributed by atoms with Gasteiger partial charge in [-0.3, -0.25) is 0 Å². The van der Waals surface area contributed by atoms with Gasteiger partial charge in [-0.1, -0.05) is 6.07 Å². The predicted octanol–water partition coefficient (Wildman–Crippen LogP) is 2.16. The Morgan fingerprint density at radius 2 is 1.87 bits per heavy atom.